The summed E-state index contributed by atoms with van der Waals surface area (Å²) in [5, 5.41) is 2.93. The quantitative estimate of drug-likeness (QED) is 0.807. The van der Waals surface area contributed by atoms with Gasteiger partial charge in [0.15, 0.2) is 6.10 Å². The van der Waals surface area contributed by atoms with Crippen molar-refractivity contribution in [1.29, 1.82) is 0 Å². The van der Waals surface area contributed by atoms with Crippen LogP contribution in [0, 0.1) is 0 Å². The van der Waals surface area contributed by atoms with E-state index in [1.807, 2.05) is 60.1 Å². The van der Waals surface area contributed by atoms with Crippen LogP contribution in [0.1, 0.15) is 11.4 Å². The number of carbonyl (C=O) groups is 1. The van der Waals surface area contributed by atoms with Crippen LogP contribution < -0.4 is 10.1 Å². The van der Waals surface area contributed by atoms with Crippen LogP contribution in [0.2, 0.25) is 0 Å². The van der Waals surface area contributed by atoms with E-state index < -0.39 is 6.10 Å². The van der Waals surface area contributed by atoms with Crippen LogP contribution in [-0.2, 0) is 24.8 Å². The van der Waals surface area contributed by atoms with E-state index in [4.69, 9.17) is 4.74 Å². The van der Waals surface area contributed by atoms with Crippen LogP contribution in [0.5, 0.6) is 5.75 Å². The van der Waals surface area contributed by atoms with Crippen LogP contribution in [0.15, 0.2) is 48.5 Å². The van der Waals surface area contributed by atoms with Gasteiger partial charge in [0.2, 0.25) is 0 Å². The van der Waals surface area contributed by atoms with Crippen LogP contribution in [-0.4, -0.2) is 21.6 Å². The van der Waals surface area contributed by atoms with Gasteiger partial charge >= 0.3 is 0 Å². The normalized spacial score (nSPS) is 16.1. The number of fused-ring (bicyclic) bond motifs is 2. The first kappa shape index (κ1) is 13.8. The van der Waals surface area contributed by atoms with E-state index in [9.17, 15) is 4.79 Å². The summed E-state index contributed by atoms with van der Waals surface area (Å²) < 4.78 is 7.71. The summed E-state index contributed by atoms with van der Waals surface area (Å²) in [5.41, 5.74) is 3.07. The fraction of sp³-hybridized carbons (Fsp3) is 0.222. The van der Waals surface area contributed by atoms with Gasteiger partial charge < -0.3 is 14.6 Å². The van der Waals surface area contributed by atoms with Crippen LogP contribution in [0.4, 0.5) is 0 Å². The van der Waals surface area contributed by atoms with Gasteiger partial charge in [-0.25, -0.2) is 4.98 Å². The Morgan fingerprint density at radius 3 is 2.87 bits per heavy atom. The Kier molecular flexibility index (Phi) is 3.26. The zero-order chi connectivity index (χ0) is 15.8. The van der Waals surface area contributed by atoms with E-state index in [0.29, 0.717) is 13.0 Å². The van der Waals surface area contributed by atoms with Crippen LogP contribution in [0.3, 0.4) is 0 Å². The number of rotatable bonds is 3. The lowest BCUT2D eigenvalue weighted by atomic mass is 10.1. The molecule has 23 heavy (non-hydrogen) atoms. The molecule has 1 N–H and O–H groups in total. The summed E-state index contributed by atoms with van der Waals surface area (Å²) in [6.45, 7) is 0.389. The minimum absolute atomic E-state index is 0.103. The van der Waals surface area contributed by atoms with Crippen LogP contribution >= 0.6 is 0 Å². The van der Waals surface area contributed by atoms with Crippen LogP contribution in [0.25, 0.3) is 11.0 Å². The number of nitrogens with one attached hydrogen (secondary N) is 1. The van der Waals surface area contributed by atoms with E-state index in [1.165, 1.54) is 0 Å². The third-order valence-corrected chi connectivity index (χ3v) is 4.24. The molecule has 5 nitrogen and oxygen atoms in total. The fourth-order valence-electron chi connectivity index (χ4n) is 2.96. The molecule has 0 bridgehead atoms. The first-order valence-electron chi connectivity index (χ1n) is 7.65. The molecule has 5 heteroatoms. The molecule has 0 aliphatic carbocycles. The van der Waals surface area contributed by atoms with Crippen molar-refractivity contribution in [3.8, 4) is 5.75 Å². The van der Waals surface area contributed by atoms with Crippen molar-refractivity contribution in [3.63, 3.8) is 0 Å². The Morgan fingerprint density at radius 1 is 1.26 bits per heavy atom. The molecule has 1 unspecified atom stereocenters. The van der Waals surface area contributed by atoms with Crippen molar-refractivity contribution in [2.24, 2.45) is 7.05 Å². The lowest BCUT2D eigenvalue weighted by Crippen LogP contribution is -2.37. The minimum Gasteiger partial charge on any atom is -0.480 e. The number of aryl methyl sites for hydroxylation is 1. The second-order valence-corrected chi connectivity index (χ2v) is 5.71. The molecular formula is C18H17N3O2. The van der Waals surface area contributed by atoms with Gasteiger partial charge in [-0.3, -0.25) is 4.79 Å². The van der Waals surface area contributed by atoms with Gasteiger partial charge in [0, 0.05) is 13.5 Å². The molecular weight excluding hydrogens is 290 g/mol. The van der Waals surface area contributed by atoms with Crippen molar-refractivity contribution in [3.05, 3.63) is 59.9 Å². The summed E-state index contributed by atoms with van der Waals surface area (Å²) in [5.74, 6) is 1.53. The topological polar surface area (TPSA) is 56.2 Å². The van der Waals surface area contributed by atoms with E-state index in [2.05, 4.69) is 10.3 Å². The molecule has 1 amide bonds. The lowest BCUT2D eigenvalue weighted by Gasteiger charge is -2.11. The highest BCUT2D eigenvalue weighted by molar-refractivity contribution is 5.82. The number of ether oxygens (including phenoxy) is 1. The number of aromatic nitrogens is 2. The van der Waals surface area contributed by atoms with Crippen molar-refractivity contribution in [2.45, 2.75) is 19.1 Å². The van der Waals surface area contributed by atoms with E-state index >= 15 is 0 Å². The number of benzene rings is 2. The maximum Gasteiger partial charge on any atom is 0.261 e. The second kappa shape index (κ2) is 5.43. The molecule has 1 atom stereocenters. The molecule has 1 aliphatic rings. The average molecular weight is 307 g/mol. The number of hydrogen-bond donors (Lipinski definition) is 1. The first-order valence-corrected chi connectivity index (χ1v) is 7.65. The SMILES string of the molecule is Cn1c(CNC(=O)C2Cc3ccccc3O2)nc2ccccc21. The predicted octanol–water partition coefficient (Wildman–Crippen LogP) is 2.19. The Balaban J connectivity index is 1.45. The number of carbonyl (C=O) groups excluding carboxylic acids is 1. The number of imidazole rings is 1. The molecule has 1 aliphatic heterocycles. The first-order chi connectivity index (χ1) is 11.2. The van der Waals surface area contributed by atoms with Crippen molar-refractivity contribution < 1.29 is 9.53 Å². The number of hydrogen-bond acceptors (Lipinski definition) is 3. The fourth-order valence-corrected chi connectivity index (χ4v) is 2.96. The maximum atomic E-state index is 12.3. The smallest absolute Gasteiger partial charge is 0.261 e. The molecule has 3 aromatic rings. The summed E-state index contributed by atoms with van der Waals surface area (Å²) >= 11 is 0. The number of nitrogens with zero attached hydrogens (tertiary/aromatic N) is 2. The molecule has 0 fully saturated rings. The minimum atomic E-state index is -0.456. The van der Waals surface area contributed by atoms with Gasteiger partial charge in [-0.15, -0.1) is 0 Å². The Morgan fingerprint density at radius 2 is 2.04 bits per heavy atom. The predicted molar refractivity (Wildman–Crippen MR) is 87.1 cm³/mol. The highest BCUT2D eigenvalue weighted by Crippen LogP contribution is 2.28. The third kappa shape index (κ3) is 2.44. The average Bonchev–Trinajstić information content (AvgIpc) is 3.15. The molecule has 0 saturated carbocycles. The van der Waals surface area contributed by atoms with Gasteiger partial charge in [0.1, 0.15) is 11.6 Å². The highest BCUT2D eigenvalue weighted by atomic mass is 16.5. The maximum absolute atomic E-state index is 12.3. The van der Waals surface area contributed by atoms with Gasteiger partial charge in [-0.05, 0) is 23.8 Å². The number of para-hydroxylation sites is 3. The van der Waals surface area contributed by atoms with Gasteiger partial charge in [0.05, 0.1) is 17.6 Å². The van der Waals surface area contributed by atoms with Crippen molar-refractivity contribution in [2.75, 3.05) is 0 Å². The largest absolute Gasteiger partial charge is 0.480 e. The molecule has 1 aromatic heterocycles. The third-order valence-electron chi connectivity index (χ3n) is 4.24. The Hall–Kier alpha value is -2.82. The molecule has 0 saturated heterocycles. The zero-order valence-corrected chi connectivity index (χ0v) is 12.8. The monoisotopic (exact) mass is 307 g/mol. The van der Waals surface area contributed by atoms with Gasteiger partial charge in [-0.2, -0.15) is 0 Å². The summed E-state index contributed by atoms with van der Waals surface area (Å²) in [6.07, 6.45) is 0.159. The lowest BCUT2D eigenvalue weighted by molar-refractivity contribution is -0.127. The highest BCUT2D eigenvalue weighted by Gasteiger charge is 2.28. The number of amides is 1. The molecule has 0 spiro atoms. The summed E-state index contributed by atoms with van der Waals surface area (Å²) in [6, 6.07) is 15.7. The Bertz CT molecular complexity index is 860. The second-order valence-electron chi connectivity index (χ2n) is 5.71. The molecule has 4 rings (SSSR count). The van der Waals surface area contributed by atoms with Gasteiger partial charge in [-0.1, -0.05) is 30.3 Å². The molecule has 0 radical (unpaired) electrons. The van der Waals surface area contributed by atoms with E-state index in [0.717, 1.165) is 28.2 Å². The summed E-state index contributed by atoms with van der Waals surface area (Å²) in [7, 11) is 1.96. The Labute approximate surface area is 133 Å². The molecule has 116 valence electrons. The van der Waals surface area contributed by atoms with E-state index in [1.54, 1.807) is 0 Å². The molecule has 2 aromatic carbocycles. The standard InChI is InChI=1S/C18H17N3O2/c1-21-14-8-4-3-7-13(14)20-17(21)11-19-18(22)16-10-12-6-2-5-9-15(12)23-16/h2-9,16H,10-11H2,1H3,(H,19,22). The zero-order valence-electron chi connectivity index (χ0n) is 12.8. The summed E-state index contributed by atoms with van der Waals surface area (Å²) in [4.78, 5) is 16.9. The van der Waals surface area contributed by atoms with Crippen molar-refractivity contribution >= 4 is 16.9 Å². The van der Waals surface area contributed by atoms with E-state index in [-0.39, 0.29) is 5.91 Å². The van der Waals surface area contributed by atoms with Crippen molar-refractivity contribution in [1.82, 2.24) is 14.9 Å². The van der Waals surface area contributed by atoms with Gasteiger partial charge in [0.25, 0.3) is 5.91 Å². The molecule has 2 heterocycles.